The monoisotopic (exact) mass is 740 g/mol. The first-order valence-electron chi connectivity index (χ1n) is 15.4. The van der Waals surface area contributed by atoms with Crippen LogP contribution in [0, 0.1) is 0 Å². The van der Waals surface area contributed by atoms with Gasteiger partial charge >= 0.3 is 12.0 Å². The Hall–Kier alpha value is -5.15. The maximum absolute atomic E-state index is 12.5. The molecule has 0 fully saturated rings. The molecule has 2 heterocycles. The van der Waals surface area contributed by atoms with Crippen molar-refractivity contribution in [2.45, 2.75) is 39.6 Å². The van der Waals surface area contributed by atoms with E-state index in [-0.39, 0.29) is 25.6 Å². The first kappa shape index (κ1) is 35.2. The van der Waals surface area contributed by atoms with Crippen LogP contribution in [-0.4, -0.2) is 63.3 Å². The van der Waals surface area contributed by atoms with Gasteiger partial charge in [0.2, 0.25) is 6.79 Å². The molecule has 2 amide bonds. The third kappa shape index (κ3) is 8.66. The van der Waals surface area contributed by atoms with Gasteiger partial charge in [0.05, 0.1) is 42.6 Å². The molecule has 0 radical (unpaired) electrons. The summed E-state index contributed by atoms with van der Waals surface area (Å²) in [6.07, 6.45) is 0.352. The van der Waals surface area contributed by atoms with Crippen molar-refractivity contribution < 1.29 is 47.9 Å². The number of hydrogen-bond donors (Lipinski definition) is 4. The molecule has 0 aromatic heterocycles. The van der Waals surface area contributed by atoms with Gasteiger partial charge in [-0.15, -0.1) is 0 Å². The topological polar surface area (TPSA) is 167 Å². The fourth-order valence-electron chi connectivity index (χ4n) is 5.07. The number of allylic oxidation sites excluding steroid dienone is 1. The van der Waals surface area contributed by atoms with Crippen LogP contribution in [0.4, 0.5) is 4.79 Å². The highest BCUT2D eigenvalue weighted by atomic mass is 79.9. The van der Waals surface area contributed by atoms with Crippen LogP contribution in [0.3, 0.4) is 0 Å². The van der Waals surface area contributed by atoms with Gasteiger partial charge in [-0.05, 0) is 89.8 Å². The Labute approximate surface area is 291 Å². The number of benzene rings is 3. The quantitative estimate of drug-likeness (QED) is 0.0740. The minimum absolute atomic E-state index is 0.173. The summed E-state index contributed by atoms with van der Waals surface area (Å²) in [4.78, 5) is 24.7. The van der Waals surface area contributed by atoms with Crippen LogP contribution in [0.5, 0.6) is 34.5 Å². The minimum Gasteiger partial charge on any atom is -0.490 e. The Bertz CT molecular complexity index is 1750. The lowest BCUT2D eigenvalue weighted by molar-refractivity contribution is -0.136. The lowest BCUT2D eigenvalue weighted by atomic mass is 9.95. The summed E-state index contributed by atoms with van der Waals surface area (Å²) in [5.41, 5.74) is 5.46. The SMILES string of the molecule is CCOc1cc([C@H]2NC(=O)NC(C)=C2C(=O)OC)ccc1OC[C@@H](O)N/N=C\c1cc(Br)c(OCc2ccc3c(c2)OCO3)c(OCC)c1. The largest absolute Gasteiger partial charge is 0.490 e. The molecular formula is C34H37BrN4O10. The summed E-state index contributed by atoms with van der Waals surface area (Å²) < 4.78 is 40.0. The van der Waals surface area contributed by atoms with Crippen molar-refractivity contribution in [1.82, 2.24) is 16.1 Å². The molecule has 3 aromatic rings. The molecular weight excluding hydrogens is 704 g/mol. The standard InChI is InChI=1S/C34H37BrN4O10/c1-5-44-27-14-22(31-30(33(41)43-4)19(3)37-34(42)38-31)8-10-24(27)46-17-29(40)39-36-15-21-11-23(35)32(28(13-21)45-6-2)47-16-20-7-9-25-26(12-20)49-18-48-25/h7-15,29,31,39-40H,5-6,16-18H2,1-4H3,(H2,37,38,42)/b36-15-/t29-,31-/m1/s1. The maximum atomic E-state index is 12.5. The predicted octanol–water partition coefficient (Wildman–Crippen LogP) is 4.68. The molecule has 260 valence electrons. The number of nitrogens with zero attached hydrogens (tertiary/aromatic N) is 1. The van der Waals surface area contributed by atoms with E-state index in [0.29, 0.717) is 69.0 Å². The molecule has 0 aliphatic carbocycles. The molecule has 14 nitrogen and oxygen atoms in total. The number of nitrogens with one attached hydrogen (secondary N) is 3. The van der Waals surface area contributed by atoms with Gasteiger partial charge in [0.15, 0.2) is 40.7 Å². The van der Waals surface area contributed by atoms with Crippen molar-refractivity contribution in [3.8, 4) is 34.5 Å². The van der Waals surface area contributed by atoms with Gasteiger partial charge in [-0.1, -0.05) is 12.1 Å². The molecule has 4 N–H and O–H groups in total. The number of urea groups is 1. The molecule has 0 saturated carbocycles. The fraction of sp³-hybridized carbons (Fsp3) is 0.324. The van der Waals surface area contributed by atoms with Crippen LogP contribution >= 0.6 is 15.9 Å². The number of methoxy groups -OCH3 is 1. The number of carbonyl (C=O) groups excluding carboxylic acids is 2. The third-order valence-corrected chi connectivity index (χ3v) is 7.85. The van der Waals surface area contributed by atoms with Crippen LogP contribution in [0.1, 0.15) is 43.5 Å². The van der Waals surface area contributed by atoms with Crippen LogP contribution in [0.15, 0.2) is 69.4 Å². The Kier molecular flexibility index (Phi) is 11.7. The van der Waals surface area contributed by atoms with E-state index in [0.717, 1.165) is 5.56 Å². The van der Waals surface area contributed by atoms with E-state index in [4.69, 9.17) is 33.2 Å². The number of aliphatic hydroxyl groups excluding tert-OH is 1. The highest BCUT2D eigenvalue weighted by Crippen LogP contribution is 2.39. The number of halogens is 1. The van der Waals surface area contributed by atoms with Gasteiger partial charge < -0.3 is 48.9 Å². The van der Waals surface area contributed by atoms with E-state index in [1.54, 1.807) is 31.2 Å². The molecule has 0 saturated heterocycles. The zero-order valence-electron chi connectivity index (χ0n) is 27.3. The van der Waals surface area contributed by atoms with Crippen molar-refractivity contribution >= 4 is 34.1 Å². The number of fused-ring (bicyclic) bond motifs is 1. The molecule has 15 heteroatoms. The Morgan fingerprint density at radius 2 is 1.82 bits per heavy atom. The van der Waals surface area contributed by atoms with Crippen molar-refractivity contribution in [1.29, 1.82) is 0 Å². The molecule has 3 aromatic carbocycles. The summed E-state index contributed by atoms with van der Waals surface area (Å²) in [5.74, 6) is 2.56. The second-order valence-corrected chi connectivity index (χ2v) is 11.5. The van der Waals surface area contributed by atoms with E-state index >= 15 is 0 Å². The first-order chi connectivity index (χ1) is 23.7. The number of hydrogen-bond acceptors (Lipinski definition) is 12. The number of hydrazone groups is 1. The lowest BCUT2D eigenvalue weighted by Crippen LogP contribution is -2.45. The fourth-order valence-corrected chi connectivity index (χ4v) is 5.65. The summed E-state index contributed by atoms with van der Waals surface area (Å²) in [6, 6.07) is 13.0. The number of ether oxygens (including phenoxy) is 7. The molecule has 49 heavy (non-hydrogen) atoms. The van der Waals surface area contributed by atoms with Crippen molar-refractivity contribution in [3.05, 3.63) is 81.0 Å². The van der Waals surface area contributed by atoms with Crippen molar-refractivity contribution in [2.24, 2.45) is 5.10 Å². The Morgan fingerprint density at radius 1 is 1.04 bits per heavy atom. The number of rotatable bonds is 15. The highest BCUT2D eigenvalue weighted by molar-refractivity contribution is 9.10. The second-order valence-electron chi connectivity index (χ2n) is 10.7. The molecule has 0 bridgehead atoms. The molecule has 5 rings (SSSR count). The first-order valence-corrected chi connectivity index (χ1v) is 16.2. The smallest absolute Gasteiger partial charge is 0.337 e. The van der Waals surface area contributed by atoms with E-state index in [1.807, 2.05) is 38.1 Å². The van der Waals surface area contributed by atoms with Crippen LogP contribution in [-0.2, 0) is 16.1 Å². The zero-order valence-corrected chi connectivity index (χ0v) is 28.9. The molecule has 2 atom stereocenters. The van der Waals surface area contributed by atoms with E-state index in [1.165, 1.54) is 13.3 Å². The number of carbonyl (C=O) groups is 2. The summed E-state index contributed by atoms with van der Waals surface area (Å²) in [5, 5.41) is 20.0. The van der Waals surface area contributed by atoms with Gasteiger partial charge in [-0.2, -0.15) is 5.10 Å². The summed E-state index contributed by atoms with van der Waals surface area (Å²) in [7, 11) is 1.27. The minimum atomic E-state index is -1.18. The molecule has 2 aliphatic rings. The molecule has 0 unspecified atom stereocenters. The predicted molar refractivity (Wildman–Crippen MR) is 181 cm³/mol. The highest BCUT2D eigenvalue weighted by Gasteiger charge is 2.32. The average Bonchev–Trinajstić information content (AvgIpc) is 3.55. The zero-order chi connectivity index (χ0) is 34.9. The van der Waals surface area contributed by atoms with Crippen LogP contribution < -0.4 is 44.5 Å². The molecule has 0 spiro atoms. The normalized spacial score (nSPS) is 15.7. The van der Waals surface area contributed by atoms with E-state index in [2.05, 4.69) is 37.1 Å². The van der Waals surface area contributed by atoms with Gasteiger partial charge in [-0.25, -0.2) is 9.59 Å². The van der Waals surface area contributed by atoms with Crippen molar-refractivity contribution in [3.63, 3.8) is 0 Å². The van der Waals surface area contributed by atoms with Crippen LogP contribution in [0.2, 0.25) is 0 Å². The van der Waals surface area contributed by atoms with E-state index < -0.39 is 24.3 Å². The summed E-state index contributed by atoms with van der Waals surface area (Å²) in [6.45, 7) is 6.36. The Morgan fingerprint density at radius 3 is 2.59 bits per heavy atom. The lowest BCUT2D eigenvalue weighted by Gasteiger charge is -2.28. The third-order valence-electron chi connectivity index (χ3n) is 7.26. The van der Waals surface area contributed by atoms with Gasteiger partial charge in [0.25, 0.3) is 0 Å². The van der Waals surface area contributed by atoms with Gasteiger partial charge in [0, 0.05) is 5.70 Å². The summed E-state index contributed by atoms with van der Waals surface area (Å²) >= 11 is 3.57. The number of esters is 1. The van der Waals surface area contributed by atoms with Crippen LogP contribution in [0.25, 0.3) is 0 Å². The van der Waals surface area contributed by atoms with E-state index in [9.17, 15) is 14.7 Å². The molecule has 2 aliphatic heterocycles. The second kappa shape index (κ2) is 16.3. The van der Waals surface area contributed by atoms with Gasteiger partial charge in [0.1, 0.15) is 13.2 Å². The number of aliphatic hydroxyl groups is 1. The van der Waals surface area contributed by atoms with Gasteiger partial charge in [-0.3, -0.25) is 5.43 Å². The average molecular weight is 742 g/mol. The maximum Gasteiger partial charge on any atom is 0.337 e. The van der Waals surface area contributed by atoms with Crippen molar-refractivity contribution in [2.75, 3.05) is 33.7 Å². The number of amides is 2. The Balaban J connectivity index is 1.21.